The molecule has 0 saturated carbocycles. The quantitative estimate of drug-likeness (QED) is 0.709. The molecule has 0 aromatic carbocycles. The highest BCUT2D eigenvalue weighted by molar-refractivity contribution is 5.29. The molecular formula is C16H31N3O. The normalized spacial score (nSPS) is 14.2. The lowest BCUT2D eigenvalue weighted by Gasteiger charge is -2.27. The summed E-state index contributed by atoms with van der Waals surface area (Å²) in [4.78, 5) is 0. The number of aryl methyl sites for hydroxylation is 1. The number of methoxy groups -OCH3 is 1. The van der Waals surface area contributed by atoms with Crippen molar-refractivity contribution in [2.45, 2.75) is 65.5 Å². The summed E-state index contributed by atoms with van der Waals surface area (Å²) in [5, 5.41) is 7.99. The smallest absolute Gasteiger partial charge is 0.161 e. The lowest BCUT2D eigenvalue weighted by molar-refractivity contribution is 0.308. The predicted octanol–water partition coefficient (Wildman–Crippen LogP) is 3.78. The van der Waals surface area contributed by atoms with E-state index >= 15 is 0 Å². The number of rotatable bonds is 10. The van der Waals surface area contributed by atoms with E-state index in [0.717, 1.165) is 18.7 Å². The molecule has 1 heterocycles. The molecule has 4 nitrogen and oxygen atoms in total. The summed E-state index contributed by atoms with van der Waals surface area (Å²) < 4.78 is 7.64. The van der Waals surface area contributed by atoms with Gasteiger partial charge in [-0.3, -0.25) is 4.68 Å². The Bertz CT molecular complexity index is 376. The number of hydrogen-bond donors (Lipinski definition) is 1. The van der Waals surface area contributed by atoms with E-state index in [9.17, 15) is 0 Å². The van der Waals surface area contributed by atoms with Gasteiger partial charge in [0.2, 0.25) is 0 Å². The van der Waals surface area contributed by atoms with E-state index in [0.29, 0.717) is 12.0 Å². The molecule has 2 atom stereocenters. The van der Waals surface area contributed by atoms with E-state index in [2.05, 4.69) is 35.9 Å². The number of nitrogens with one attached hydrogen (secondary N) is 1. The minimum Gasteiger partial charge on any atom is -0.493 e. The molecule has 20 heavy (non-hydrogen) atoms. The monoisotopic (exact) mass is 281 g/mol. The zero-order valence-electron chi connectivity index (χ0n) is 13.8. The first-order valence-corrected chi connectivity index (χ1v) is 8.00. The fourth-order valence-electron chi connectivity index (χ4n) is 2.91. The Labute approximate surface area is 123 Å². The van der Waals surface area contributed by atoms with Crippen molar-refractivity contribution in [3.8, 4) is 5.75 Å². The highest BCUT2D eigenvalue weighted by atomic mass is 16.5. The number of nitrogens with zero attached hydrogens (tertiary/aromatic N) is 2. The second kappa shape index (κ2) is 9.01. The van der Waals surface area contributed by atoms with Crippen LogP contribution in [0.3, 0.4) is 0 Å². The molecule has 116 valence electrons. The molecule has 1 aromatic rings. The maximum atomic E-state index is 5.53. The van der Waals surface area contributed by atoms with E-state index in [-0.39, 0.29) is 0 Å². The summed E-state index contributed by atoms with van der Waals surface area (Å²) in [7, 11) is 3.78. The van der Waals surface area contributed by atoms with Crippen molar-refractivity contribution in [3.05, 3.63) is 11.9 Å². The second-order valence-corrected chi connectivity index (χ2v) is 5.40. The van der Waals surface area contributed by atoms with Crippen LogP contribution in [-0.4, -0.2) is 23.9 Å². The molecule has 2 unspecified atom stereocenters. The number of aromatic nitrogens is 2. The van der Waals surface area contributed by atoms with Gasteiger partial charge in [0.05, 0.1) is 25.0 Å². The van der Waals surface area contributed by atoms with Gasteiger partial charge in [0, 0.05) is 6.54 Å². The summed E-state index contributed by atoms with van der Waals surface area (Å²) >= 11 is 0. The Hall–Kier alpha value is -1.03. The topological polar surface area (TPSA) is 39.1 Å². The van der Waals surface area contributed by atoms with Gasteiger partial charge >= 0.3 is 0 Å². The van der Waals surface area contributed by atoms with Crippen LogP contribution in [0.2, 0.25) is 0 Å². The van der Waals surface area contributed by atoms with Crippen LogP contribution in [0.5, 0.6) is 5.75 Å². The standard InChI is InChI=1S/C16H31N3O/c1-6-9-10-13(8-3)15(17-4)16-14(20-5)12-18-19(16)11-7-2/h12-13,15,17H,6-11H2,1-5H3. The van der Waals surface area contributed by atoms with Crippen molar-refractivity contribution < 1.29 is 4.74 Å². The van der Waals surface area contributed by atoms with Crippen LogP contribution in [0, 0.1) is 5.92 Å². The molecule has 1 N–H and O–H groups in total. The molecular weight excluding hydrogens is 250 g/mol. The first-order valence-electron chi connectivity index (χ1n) is 8.00. The predicted molar refractivity (Wildman–Crippen MR) is 84.2 cm³/mol. The number of unbranched alkanes of at least 4 members (excludes halogenated alkanes) is 1. The maximum Gasteiger partial charge on any atom is 0.161 e. The van der Waals surface area contributed by atoms with E-state index in [1.807, 2.05) is 13.2 Å². The highest BCUT2D eigenvalue weighted by Crippen LogP contribution is 2.34. The average Bonchev–Trinajstić information content (AvgIpc) is 2.86. The van der Waals surface area contributed by atoms with E-state index in [4.69, 9.17) is 4.74 Å². The van der Waals surface area contributed by atoms with Crippen LogP contribution in [0.15, 0.2) is 6.20 Å². The minimum atomic E-state index is 0.315. The largest absolute Gasteiger partial charge is 0.493 e. The van der Waals surface area contributed by atoms with Crippen molar-refractivity contribution in [1.29, 1.82) is 0 Å². The molecule has 0 radical (unpaired) electrons. The first kappa shape index (κ1) is 17.0. The van der Waals surface area contributed by atoms with Gasteiger partial charge in [0.25, 0.3) is 0 Å². The second-order valence-electron chi connectivity index (χ2n) is 5.40. The van der Waals surface area contributed by atoms with Gasteiger partial charge in [0.15, 0.2) is 5.75 Å². The fraction of sp³-hybridized carbons (Fsp3) is 0.812. The number of ether oxygens (including phenoxy) is 1. The SMILES string of the molecule is CCCCC(CC)C(NC)c1c(OC)cnn1CCC. The molecule has 1 aromatic heterocycles. The molecule has 0 aliphatic rings. The zero-order valence-corrected chi connectivity index (χ0v) is 13.8. The minimum absolute atomic E-state index is 0.315. The van der Waals surface area contributed by atoms with Crippen LogP contribution in [0.4, 0.5) is 0 Å². The molecule has 4 heteroatoms. The third-order valence-electron chi connectivity index (χ3n) is 4.03. The molecule has 0 spiro atoms. The van der Waals surface area contributed by atoms with Crippen LogP contribution < -0.4 is 10.1 Å². The molecule has 0 aliphatic carbocycles. The highest BCUT2D eigenvalue weighted by Gasteiger charge is 2.26. The zero-order chi connectivity index (χ0) is 15.0. The van der Waals surface area contributed by atoms with Crippen LogP contribution in [0.25, 0.3) is 0 Å². The van der Waals surface area contributed by atoms with Crippen LogP contribution >= 0.6 is 0 Å². The van der Waals surface area contributed by atoms with Gasteiger partial charge in [0.1, 0.15) is 0 Å². The third-order valence-corrected chi connectivity index (χ3v) is 4.03. The fourth-order valence-corrected chi connectivity index (χ4v) is 2.91. The lowest BCUT2D eigenvalue weighted by atomic mass is 9.89. The van der Waals surface area contributed by atoms with E-state index in [1.165, 1.54) is 31.4 Å². The summed E-state index contributed by atoms with van der Waals surface area (Å²) in [5.74, 6) is 1.54. The molecule has 0 fully saturated rings. The Morgan fingerprint density at radius 2 is 2.05 bits per heavy atom. The number of hydrogen-bond acceptors (Lipinski definition) is 3. The van der Waals surface area contributed by atoms with Crippen LogP contribution in [0.1, 0.15) is 64.6 Å². The van der Waals surface area contributed by atoms with E-state index < -0.39 is 0 Å². The van der Waals surface area contributed by atoms with Crippen LogP contribution in [-0.2, 0) is 6.54 Å². The molecule has 0 aliphatic heterocycles. The Balaban J connectivity index is 3.04. The third kappa shape index (κ3) is 3.98. The van der Waals surface area contributed by atoms with E-state index in [1.54, 1.807) is 7.11 Å². The Morgan fingerprint density at radius 3 is 2.55 bits per heavy atom. The van der Waals surface area contributed by atoms with Crippen molar-refractivity contribution in [2.24, 2.45) is 5.92 Å². The molecule has 0 saturated heterocycles. The summed E-state index contributed by atoms with van der Waals surface area (Å²) in [6.07, 6.45) is 7.88. The molecule has 0 amide bonds. The Morgan fingerprint density at radius 1 is 1.30 bits per heavy atom. The summed E-state index contributed by atoms with van der Waals surface area (Å²) in [6, 6.07) is 0.315. The maximum absolute atomic E-state index is 5.53. The summed E-state index contributed by atoms with van der Waals surface area (Å²) in [5.41, 5.74) is 1.21. The van der Waals surface area contributed by atoms with Crippen molar-refractivity contribution in [3.63, 3.8) is 0 Å². The van der Waals surface area contributed by atoms with Gasteiger partial charge in [-0.25, -0.2) is 0 Å². The van der Waals surface area contributed by atoms with Crippen molar-refractivity contribution in [2.75, 3.05) is 14.2 Å². The summed E-state index contributed by atoms with van der Waals surface area (Å²) in [6.45, 7) is 7.66. The van der Waals surface area contributed by atoms with Gasteiger partial charge in [-0.1, -0.05) is 40.0 Å². The van der Waals surface area contributed by atoms with Crippen molar-refractivity contribution >= 4 is 0 Å². The van der Waals surface area contributed by atoms with Crippen molar-refractivity contribution in [1.82, 2.24) is 15.1 Å². The van der Waals surface area contributed by atoms with Gasteiger partial charge < -0.3 is 10.1 Å². The van der Waals surface area contributed by atoms with Gasteiger partial charge in [-0.15, -0.1) is 0 Å². The lowest BCUT2D eigenvalue weighted by Crippen LogP contribution is -2.28. The molecule has 0 bridgehead atoms. The Kier molecular flexibility index (Phi) is 7.67. The van der Waals surface area contributed by atoms with Gasteiger partial charge in [-0.2, -0.15) is 5.10 Å². The molecule has 1 rings (SSSR count). The van der Waals surface area contributed by atoms with Gasteiger partial charge in [-0.05, 0) is 25.8 Å². The first-order chi connectivity index (χ1) is 9.73. The average molecular weight is 281 g/mol.